The van der Waals surface area contributed by atoms with Crippen molar-refractivity contribution >= 4 is 27.9 Å². The van der Waals surface area contributed by atoms with Crippen molar-refractivity contribution in [2.45, 2.75) is 18.0 Å². The van der Waals surface area contributed by atoms with E-state index in [-0.39, 0.29) is 4.47 Å². The van der Waals surface area contributed by atoms with Crippen LogP contribution in [0.15, 0.2) is 53.1 Å². The Morgan fingerprint density at radius 2 is 1.93 bits per heavy atom. The molecule has 7 heteroatoms. The van der Waals surface area contributed by atoms with Crippen molar-refractivity contribution in [1.29, 1.82) is 10.5 Å². The fourth-order valence-corrected chi connectivity index (χ4v) is 4.79. The first-order valence-electron chi connectivity index (χ1n) is 8.56. The summed E-state index contributed by atoms with van der Waals surface area (Å²) in [4.78, 5) is 14.2. The number of benzene rings is 2. The second-order valence-electron chi connectivity index (χ2n) is 6.89. The summed E-state index contributed by atoms with van der Waals surface area (Å²) in [6.45, 7) is 0. The Balaban J connectivity index is 2.01. The number of carbonyl (C=O) groups is 1. The predicted octanol–water partition coefficient (Wildman–Crippen LogP) is 3.60. The number of rotatable bonds is 2. The lowest BCUT2D eigenvalue weighted by Crippen LogP contribution is -2.41. The van der Waals surface area contributed by atoms with Crippen LogP contribution in [0, 0.1) is 33.9 Å². The van der Waals surface area contributed by atoms with Crippen molar-refractivity contribution in [3.63, 3.8) is 0 Å². The van der Waals surface area contributed by atoms with Gasteiger partial charge in [0, 0.05) is 12.1 Å². The van der Waals surface area contributed by atoms with Crippen LogP contribution in [0.25, 0.3) is 6.08 Å². The van der Waals surface area contributed by atoms with Crippen LogP contribution in [-0.4, -0.2) is 16.8 Å². The third-order valence-corrected chi connectivity index (χ3v) is 6.15. The summed E-state index contributed by atoms with van der Waals surface area (Å²) in [6, 6.07) is 14.5. The average Bonchev–Trinajstić information content (AvgIpc) is 3.01. The number of hydrogen-bond acceptors (Lipinski definition) is 4. The van der Waals surface area contributed by atoms with E-state index in [0.29, 0.717) is 5.56 Å². The molecular weight excluding hydrogens is 423 g/mol. The molecule has 28 heavy (non-hydrogen) atoms. The zero-order chi connectivity index (χ0) is 20.1. The van der Waals surface area contributed by atoms with Crippen LogP contribution in [0.4, 0.5) is 4.39 Å². The molecule has 2 aliphatic rings. The van der Waals surface area contributed by atoms with Gasteiger partial charge in [0.2, 0.25) is 5.91 Å². The average molecular weight is 437 g/mol. The number of fused-ring (bicyclic) bond motifs is 3. The van der Waals surface area contributed by atoms with E-state index >= 15 is 0 Å². The van der Waals surface area contributed by atoms with Gasteiger partial charge in [-0.15, -0.1) is 0 Å². The van der Waals surface area contributed by atoms with Crippen molar-refractivity contribution in [1.82, 2.24) is 4.90 Å². The highest BCUT2D eigenvalue weighted by molar-refractivity contribution is 9.10. The molecule has 2 aromatic carbocycles. The van der Waals surface area contributed by atoms with E-state index in [1.54, 1.807) is 11.1 Å². The van der Waals surface area contributed by atoms with Gasteiger partial charge in [-0.25, -0.2) is 4.39 Å². The number of primary amides is 1. The fourth-order valence-electron chi connectivity index (χ4n) is 4.40. The molecular formula is C21H14BrFN4O. The Kier molecular flexibility index (Phi) is 4.21. The summed E-state index contributed by atoms with van der Waals surface area (Å²) in [5, 5.41) is 20.4. The molecule has 0 aliphatic carbocycles. The summed E-state index contributed by atoms with van der Waals surface area (Å²) in [5.74, 6) is -1.97. The number of nitrogens with two attached hydrogens (primary N) is 1. The number of nitrogens with zero attached hydrogens (tertiary/aromatic N) is 3. The zero-order valence-electron chi connectivity index (χ0n) is 14.5. The summed E-state index contributed by atoms with van der Waals surface area (Å²) < 4.78 is 14.0. The molecule has 0 spiro atoms. The maximum absolute atomic E-state index is 13.8. The van der Waals surface area contributed by atoms with Gasteiger partial charge in [-0.05, 0) is 50.8 Å². The number of hydrogen-bond donors (Lipinski definition) is 1. The topological polar surface area (TPSA) is 93.9 Å². The van der Waals surface area contributed by atoms with Gasteiger partial charge >= 0.3 is 0 Å². The van der Waals surface area contributed by atoms with E-state index in [1.165, 1.54) is 18.2 Å². The molecule has 138 valence electrons. The van der Waals surface area contributed by atoms with Crippen molar-refractivity contribution in [3.8, 4) is 12.1 Å². The van der Waals surface area contributed by atoms with Gasteiger partial charge in [-0.1, -0.05) is 30.3 Å². The van der Waals surface area contributed by atoms with Crippen molar-refractivity contribution in [3.05, 3.63) is 75.6 Å². The van der Waals surface area contributed by atoms with Crippen LogP contribution in [0.2, 0.25) is 0 Å². The van der Waals surface area contributed by atoms with E-state index in [9.17, 15) is 19.7 Å². The molecule has 2 aliphatic heterocycles. The molecule has 5 nitrogen and oxygen atoms in total. The van der Waals surface area contributed by atoms with E-state index in [4.69, 9.17) is 5.73 Å². The van der Waals surface area contributed by atoms with Gasteiger partial charge in [0.25, 0.3) is 0 Å². The number of nitriles is 2. The van der Waals surface area contributed by atoms with Crippen molar-refractivity contribution < 1.29 is 9.18 Å². The molecule has 0 bridgehead atoms. The molecule has 3 atom stereocenters. The van der Waals surface area contributed by atoms with Gasteiger partial charge in [-0.3, -0.25) is 4.79 Å². The summed E-state index contributed by atoms with van der Waals surface area (Å²) in [6.07, 6.45) is 3.55. The first kappa shape index (κ1) is 18.2. The van der Waals surface area contributed by atoms with Crippen LogP contribution in [0.3, 0.4) is 0 Å². The molecule has 0 aromatic heterocycles. The normalized spacial score (nSPS) is 24.0. The third kappa shape index (κ3) is 2.37. The molecule has 2 heterocycles. The number of halogens is 2. The van der Waals surface area contributed by atoms with Crippen LogP contribution >= 0.6 is 15.9 Å². The Morgan fingerprint density at radius 1 is 1.21 bits per heavy atom. The number of carbonyl (C=O) groups excluding carboxylic acids is 1. The first-order valence-corrected chi connectivity index (χ1v) is 9.35. The standard InChI is InChI=1S/C21H14BrFN4O/c22-15-9-13(5-6-16(15)23)17-18(20(26)28)27-8-7-12-3-1-2-4-14(12)19(27)21(17,10-24)11-25/h1-9,17-19H,(H2,26,28)/t17-,18-,19+/m0/s1. The van der Waals surface area contributed by atoms with Crippen LogP contribution in [-0.2, 0) is 4.79 Å². The lowest BCUT2D eigenvalue weighted by atomic mass is 9.68. The van der Waals surface area contributed by atoms with E-state index in [1.807, 2.05) is 30.3 Å². The predicted molar refractivity (Wildman–Crippen MR) is 104 cm³/mol. The minimum absolute atomic E-state index is 0.193. The van der Waals surface area contributed by atoms with E-state index in [2.05, 4.69) is 28.1 Å². The molecule has 0 unspecified atom stereocenters. The molecule has 0 radical (unpaired) electrons. The van der Waals surface area contributed by atoms with Gasteiger partial charge < -0.3 is 10.6 Å². The van der Waals surface area contributed by atoms with Gasteiger partial charge in [0.15, 0.2) is 5.41 Å². The highest BCUT2D eigenvalue weighted by Gasteiger charge is 2.63. The molecule has 2 aromatic rings. The van der Waals surface area contributed by atoms with Gasteiger partial charge in [-0.2, -0.15) is 10.5 Å². The van der Waals surface area contributed by atoms with E-state index in [0.717, 1.165) is 11.1 Å². The highest BCUT2D eigenvalue weighted by atomic mass is 79.9. The highest BCUT2D eigenvalue weighted by Crippen LogP contribution is 2.59. The van der Waals surface area contributed by atoms with Crippen LogP contribution in [0.1, 0.15) is 28.7 Å². The minimum atomic E-state index is -1.59. The Morgan fingerprint density at radius 3 is 2.57 bits per heavy atom. The first-order chi connectivity index (χ1) is 13.4. The second kappa shape index (κ2) is 6.47. The van der Waals surface area contributed by atoms with Crippen molar-refractivity contribution in [2.24, 2.45) is 11.1 Å². The molecule has 1 saturated heterocycles. The smallest absolute Gasteiger partial charge is 0.240 e. The number of amides is 1. The third-order valence-electron chi connectivity index (χ3n) is 5.54. The summed E-state index contributed by atoms with van der Waals surface area (Å²) in [7, 11) is 0. The lowest BCUT2D eigenvalue weighted by Gasteiger charge is -2.34. The minimum Gasteiger partial charge on any atom is -0.368 e. The van der Waals surface area contributed by atoms with Crippen LogP contribution in [0.5, 0.6) is 0 Å². The molecule has 4 rings (SSSR count). The molecule has 0 saturated carbocycles. The Hall–Kier alpha value is -3.16. The fraction of sp³-hybridized carbons (Fsp3) is 0.190. The van der Waals surface area contributed by atoms with Crippen LogP contribution < -0.4 is 5.73 Å². The molecule has 1 fully saturated rings. The zero-order valence-corrected chi connectivity index (χ0v) is 16.1. The lowest BCUT2D eigenvalue weighted by molar-refractivity contribution is -0.122. The monoisotopic (exact) mass is 436 g/mol. The summed E-state index contributed by atoms with van der Waals surface area (Å²) >= 11 is 3.15. The van der Waals surface area contributed by atoms with Crippen molar-refractivity contribution in [2.75, 3.05) is 0 Å². The van der Waals surface area contributed by atoms with Gasteiger partial charge in [0.1, 0.15) is 11.9 Å². The quantitative estimate of drug-likeness (QED) is 0.777. The summed E-state index contributed by atoms with van der Waals surface area (Å²) in [5.41, 5.74) is 6.30. The molecule has 1 amide bonds. The Labute approximate surface area is 169 Å². The van der Waals surface area contributed by atoms with Gasteiger partial charge in [0.05, 0.1) is 22.7 Å². The second-order valence-corrected chi connectivity index (χ2v) is 7.74. The maximum Gasteiger partial charge on any atom is 0.240 e. The maximum atomic E-state index is 13.8. The Bertz CT molecular complexity index is 1090. The largest absolute Gasteiger partial charge is 0.368 e. The van der Waals surface area contributed by atoms with E-state index < -0.39 is 35.1 Å². The SMILES string of the molecule is N#CC1(C#N)[C@@H](c2ccc(F)c(Br)c2)[C@@H](C(N)=O)N2C=Cc3ccccc3[C@@H]21. The molecule has 2 N–H and O–H groups in total.